The number of hydrogen-bond acceptors (Lipinski definition) is 6. The zero-order valence-electron chi connectivity index (χ0n) is 19.6. The van der Waals surface area contributed by atoms with Gasteiger partial charge >= 0.3 is 0 Å². The molecule has 2 heterocycles. The second-order valence-electron chi connectivity index (χ2n) is 8.55. The smallest absolute Gasteiger partial charge is 0.300 e. The van der Waals surface area contributed by atoms with Crippen molar-refractivity contribution < 1.29 is 28.6 Å². The van der Waals surface area contributed by atoms with Crippen LogP contribution in [0.5, 0.6) is 11.5 Å². The number of aliphatic hydroxyl groups excluding tert-OH is 1. The van der Waals surface area contributed by atoms with E-state index in [2.05, 4.69) is 0 Å². The number of benzene rings is 2. The molecule has 2 aromatic carbocycles. The summed E-state index contributed by atoms with van der Waals surface area (Å²) in [5.74, 6) is 0.675. The number of hydrogen-bond donors (Lipinski definition) is 1. The van der Waals surface area contributed by atoms with E-state index in [1.54, 1.807) is 74.7 Å². The summed E-state index contributed by atoms with van der Waals surface area (Å²) < 4.78 is 16.8. The van der Waals surface area contributed by atoms with Crippen molar-refractivity contribution in [2.45, 2.75) is 26.8 Å². The lowest BCUT2D eigenvalue weighted by Crippen LogP contribution is -2.29. The van der Waals surface area contributed by atoms with Gasteiger partial charge in [-0.3, -0.25) is 14.5 Å². The van der Waals surface area contributed by atoms with Crippen molar-refractivity contribution >= 4 is 23.1 Å². The molecule has 0 aliphatic carbocycles. The molecule has 1 fully saturated rings. The fourth-order valence-corrected chi connectivity index (χ4v) is 3.86. The van der Waals surface area contributed by atoms with E-state index < -0.39 is 17.7 Å². The molecule has 1 aromatic heterocycles. The lowest BCUT2D eigenvalue weighted by Gasteiger charge is -2.23. The second-order valence-corrected chi connectivity index (χ2v) is 8.55. The predicted molar refractivity (Wildman–Crippen MR) is 128 cm³/mol. The van der Waals surface area contributed by atoms with Crippen molar-refractivity contribution in [1.82, 2.24) is 0 Å². The standard InChI is InChI=1S/C27H27NO6/c1-16(2)15-33-21-7-5-6-18(14-21)25(29)23-24(22-13-8-17(3)34-22)28(27(31)26(23)30)19-9-11-20(32-4)12-10-19/h5-14,16,24,29H,15H2,1-4H3/b25-23-. The second kappa shape index (κ2) is 9.47. The Hall–Kier alpha value is -4.00. The topological polar surface area (TPSA) is 89.2 Å². The van der Waals surface area contributed by atoms with Gasteiger partial charge in [-0.1, -0.05) is 26.0 Å². The number of aliphatic hydroxyl groups is 1. The molecule has 176 valence electrons. The largest absolute Gasteiger partial charge is 0.507 e. The monoisotopic (exact) mass is 461 g/mol. The number of nitrogens with zero attached hydrogens (tertiary/aromatic N) is 1. The number of furan rings is 1. The van der Waals surface area contributed by atoms with Crippen LogP contribution in [0.25, 0.3) is 5.76 Å². The van der Waals surface area contributed by atoms with Crippen molar-refractivity contribution in [3.8, 4) is 11.5 Å². The fourth-order valence-electron chi connectivity index (χ4n) is 3.86. The van der Waals surface area contributed by atoms with Gasteiger partial charge in [0.05, 0.1) is 19.3 Å². The fraction of sp³-hybridized carbons (Fsp3) is 0.259. The molecule has 7 nitrogen and oxygen atoms in total. The molecule has 0 bridgehead atoms. The zero-order valence-corrected chi connectivity index (χ0v) is 19.6. The molecule has 3 aromatic rings. The number of carbonyl (C=O) groups is 2. The number of Topliss-reactive ketones (excluding diaryl/α,β-unsaturated/α-hetero) is 1. The summed E-state index contributed by atoms with van der Waals surface area (Å²) in [7, 11) is 1.55. The predicted octanol–water partition coefficient (Wildman–Crippen LogP) is 5.26. The Kier molecular flexibility index (Phi) is 6.45. The summed E-state index contributed by atoms with van der Waals surface area (Å²) in [6.07, 6.45) is 0. The summed E-state index contributed by atoms with van der Waals surface area (Å²) in [4.78, 5) is 27.7. The van der Waals surface area contributed by atoms with Gasteiger partial charge in [-0.25, -0.2) is 0 Å². The number of aryl methyl sites for hydroxylation is 1. The van der Waals surface area contributed by atoms with Crippen LogP contribution in [-0.2, 0) is 9.59 Å². The number of ketones is 1. The average molecular weight is 462 g/mol. The third kappa shape index (κ3) is 4.41. The first-order valence-corrected chi connectivity index (χ1v) is 11.0. The molecule has 1 saturated heterocycles. The van der Waals surface area contributed by atoms with Gasteiger partial charge in [0.2, 0.25) is 0 Å². The van der Waals surface area contributed by atoms with Gasteiger partial charge in [0, 0.05) is 11.3 Å². The molecule has 1 atom stereocenters. The first-order valence-electron chi connectivity index (χ1n) is 11.0. The first-order chi connectivity index (χ1) is 16.3. The minimum absolute atomic E-state index is 0.0452. The quantitative estimate of drug-likeness (QED) is 0.293. The lowest BCUT2D eigenvalue weighted by molar-refractivity contribution is -0.132. The van der Waals surface area contributed by atoms with E-state index in [1.165, 1.54) is 4.90 Å². The highest BCUT2D eigenvalue weighted by atomic mass is 16.5. The highest BCUT2D eigenvalue weighted by Gasteiger charge is 2.48. The molecule has 0 spiro atoms. The number of anilines is 1. The molecule has 4 rings (SSSR count). The normalized spacial score (nSPS) is 17.4. The van der Waals surface area contributed by atoms with E-state index in [0.717, 1.165) is 0 Å². The van der Waals surface area contributed by atoms with Gasteiger partial charge in [0.1, 0.15) is 34.8 Å². The SMILES string of the molecule is COc1ccc(N2C(=O)C(=O)/C(=C(\O)c3cccc(OCC(C)C)c3)C2c2ccc(C)o2)cc1. The molecule has 1 N–H and O–H groups in total. The van der Waals surface area contributed by atoms with Crippen molar-refractivity contribution in [2.24, 2.45) is 5.92 Å². The van der Waals surface area contributed by atoms with E-state index in [1.807, 2.05) is 13.8 Å². The maximum atomic E-state index is 13.2. The van der Waals surface area contributed by atoms with Crippen molar-refractivity contribution in [3.05, 3.63) is 83.3 Å². The molecule has 7 heteroatoms. The highest BCUT2D eigenvalue weighted by Crippen LogP contribution is 2.43. The Balaban J connectivity index is 1.83. The minimum atomic E-state index is -0.928. The van der Waals surface area contributed by atoms with E-state index in [0.29, 0.717) is 46.8 Å². The summed E-state index contributed by atoms with van der Waals surface area (Å²) in [6.45, 7) is 6.36. The first kappa shape index (κ1) is 23.2. The molecular weight excluding hydrogens is 434 g/mol. The third-order valence-corrected chi connectivity index (χ3v) is 5.52. The van der Waals surface area contributed by atoms with Gasteiger partial charge in [-0.15, -0.1) is 0 Å². The van der Waals surface area contributed by atoms with Crippen molar-refractivity contribution in [3.63, 3.8) is 0 Å². The maximum absolute atomic E-state index is 13.2. The average Bonchev–Trinajstić information content (AvgIpc) is 3.38. The van der Waals surface area contributed by atoms with Crippen LogP contribution < -0.4 is 14.4 Å². The van der Waals surface area contributed by atoms with Crippen LogP contribution in [-0.4, -0.2) is 30.5 Å². The van der Waals surface area contributed by atoms with Crippen LogP contribution in [0, 0.1) is 12.8 Å². The van der Waals surface area contributed by atoms with Gasteiger partial charge < -0.3 is 19.0 Å². The number of carbonyl (C=O) groups excluding carboxylic acids is 2. The summed E-state index contributed by atoms with van der Waals surface area (Å²) in [6, 6.07) is 16.2. The van der Waals surface area contributed by atoms with Gasteiger partial charge in [-0.2, -0.15) is 0 Å². The van der Waals surface area contributed by atoms with Gasteiger partial charge in [-0.05, 0) is 61.4 Å². The molecule has 1 aliphatic heterocycles. The van der Waals surface area contributed by atoms with E-state index in [9.17, 15) is 14.7 Å². The Morgan fingerprint density at radius 2 is 1.79 bits per heavy atom. The van der Waals surface area contributed by atoms with Crippen LogP contribution >= 0.6 is 0 Å². The summed E-state index contributed by atoms with van der Waals surface area (Å²) in [5, 5.41) is 11.3. The third-order valence-electron chi connectivity index (χ3n) is 5.52. The maximum Gasteiger partial charge on any atom is 0.300 e. The molecule has 1 aliphatic rings. The van der Waals surface area contributed by atoms with E-state index >= 15 is 0 Å². The van der Waals surface area contributed by atoms with Gasteiger partial charge in [0.15, 0.2) is 0 Å². The summed E-state index contributed by atoms with van der Waals surface area (Å²) >= 11 is 0. The Bertz CT molecular complexity index is 1240. The number of methoxy groups -OCH3 is 1. The van der Waals surface area contributed by atoms with Gasteiger partial charge in [0.25, 0.3) is 11.7 Å². The molecular formula is C27H27NO6. The molecule has 1 amide bonds. The van der Waals surface area contributed by atoms with Crippen LogP contribution in [0.4, 0.5) is 5.69 Å². The van der Waals surface area contributed by atoms with Crippen molar-refractivity contribution in [2.75, 3.05) is 18.6 Å². The molecule has 1 unspecified atom stereocenters. The number of rotatable bonds is 7. The van der Waals surface area contributed by atoms with Crippen LogP contribution in [0.15, 0.2) is 70.7 Å². The summed E-state index contributed by atoms with van der Waals surface area (Å²) in [5.41, 5.74) is 0.813. The highest BCUT2D eigenvalue weighted by molar-refractivity contribution is 6.51. The Morgan fingerprint density at radius 1 is 1.06 bits per heavy atom. The number of ether oxygens (including phenoxy) is 2. The van der Waals surface area contributed by atoms with E-state index in [4.69, 9.17) is 13.9 Å². The van der Waals surface area contributed by atoms with E-state index in [-0.39, 0.29) is 11.3 Å². The van der Waals surface area contributed by atoms with Crippen molar-refractivity contribution in [1.29, 1.82) is 0 Å². The number of amides is 1. The zero-order chi connectivity index (χ0) is 24.4. The van der Waals surface area contributed by atoms with Crippen LogP contribution in [0.2, 0.25) is 0 Å². The minimum Gasteiger partial charge on any atom is -0.507 e. The molecule has 34 heavy (non-hydrogen) atoms. The van der Waals surface area contributed by atoms with Crippen LogP contribution in [0.1, 0.15) is 37.0 Å². The lowest BCUT2D eigenvalue weighted by atomic mass is 9.99. The molecule has 0 saturated carbocycles. The Morgan fingerprint density at radius 3 is 2.41 bits per heavy atom. The Labute approximate surface area is 198 Å². The molecule has 0 radical (unpaired) electrons. The van der Waals surface area contributed by atoms with Crippen LogP contribution in [0.3, 0.4) is 0 Å².